The minimum absolute atomic E-state index is 0.849. The quantitative estimate of drug-likeness (QED) is 0.751. The molecule has 12 heavy (non-hydrogen) atoms. The maximum absolute atomic E-state index is 5.11. The van der Waals surface area contributed by atoms with Crippen molar-refractivity contribution in [3.05, 3.63) is 34.8 Å². The van der Waals surface area contributed by atoms with Crippen molar-refractivity contribution in [1.82, 2.24) is 0 Å². The van der Waals surface area contributed by atoms with Crippen LogP contribution in [-0.4, -0.2) is 7.11 Å². The van der Waals surface area contributed by atoms with E-state index >= 15 is 0 Å². The molecule has 0 spiro atoms. The smallest absolute Gasteiger partial charge is 0.120 e. The summed E-state index contributed by atoms with van der Waals surface area (Å²) in [6, 6.07) is 5.91. The molecule has 0 aromatic heterocycles. The predicted molar refractivity (Wildman–Crippen MR) is 55.4 cm³/mol. The van der Waals surface area contributed by atoms with Gasteiger partial charge in [-0.1, -0.05) is 28.1 Å². The van der Waals surface area contributed by atoms with Gasteiger partial charge in [0.25, 0.3) is 0 Å². The molecule has 2 heteroatoms. The fourth-order valence-corrected chi connectivity index (χ4v) is 1.40. The first kappa shape index (κ1) is 9.33. The van der Waals surface area contributed by atoms with Crippen LogP contribution in [0.25, 0.3) is 5.57 Å². The molecule has 0 aliphatic rings. The van der Waals surface area contributed by atoms with E-state index in [9.17, 15) is 0 Å². The standard InChI is InChI=1S/C10H11BrO/c1-7(2)8-4-9(11)6-10(5-8)12-3/h4-6H,1H2,2-3H3. The summed E-state index contributed by atoms with van der Waals surface area (Å²) in [7, 11) is 1.66. The Labute approximate surface area is 81.2 Å². The number of hydrogen-bond donors (Lipinski definition) is 0. The van der Waals surface area contributed by atoms with Gasteiger partial charge in [0.05, 0.1) is 7.11 Å². The molecule has 0 aliphatic heterocycles. The number of allylic oxidation sites excluding steroid dienone is 1. The molecule has 0 heterocycles. The first-order chi connectivity index (χ1) is 5.63. The third-order valence-electron chi connectivity index (χ3n) is 1.60. The number of ether oxygens (including phenoxy) is 1. The number of methoxy groups -OCH3 is 1. The van der Waals surface area contributed by atoms with E-state index in [1.807, 2.05) is 25.1 Å². The van der Waals surface area contributed by atoms with E-state index in [0.29, 0.717) is 0 Å². The minimum atomic E-state index is 0.849. The van der Waals surface area contributed by atoms with E-state index in [1.54, 1.807) is 7.11 Å². The fourth-order valence-electron chi connectivity index (χ4n) is 0.927. The number of rotatable bonds is 2. The van der Waals surface area contributed by atoms with Crippen molar-refractivity contribution in [1.29, 1.82) is 0 Å². The van der Waals surface area contributed by atoms with Crippen LogP contribution >= 0.6 is 15.9 Å². The Hall–Kier alpha value is -0.760. The van der Waals surface area contributed by atoms with Crippen LogP contribution in [0.4, 0.5) is 0 Å². The van der Waals surface area contributed by atoms with Crippen LogP contribution in [0.5, 0.6) is 5.75 Å². The second-order valence-electron chi connectivity index (χ2n) is 2.66. The maximum Gasteiger partial charge on any atom is 0.120 e. The van der Waals surface area contributed by atoms with Crippen molar-refractivity contribution in [3.8, 4) is 5.75 Å². The molecule has 0 fully saturated rings. The highest BCUT2D eigenvalue weighted by Gasteiger charge is 1.99. The summed E-state index contributed by atoms with van der Waals surface area (Å²) in [5.74, 6) is 0.849. The molecule has 1 rings (SSSR count). The Balaban J connectivity index is 3.15. The van der Waals surface area contributed by atoms with Gasteiger partial charge in [0.1, 0.15) is 5.75 Å². The molecule has 0 amide bonds. The molecule has 0 saturated carbocycles. The van der Waals surface area contributed by atoms with Crippen LogP contribution in [0.1, 0.15) is 12.5 Å². The van der Waals surface area contributed by atoms with E-state index in [4.69, 9.17) is 4.74 Å². The van der Waals surface area contributed by atoms with Gasteiger partial charge < -0.3 is 4.74 Å². The SMILES string of the molecule is C=C(C)c1cc(Br)cc(OC)c1. The Kier molecular flexibility index (Phi) is 2.93. The molecular formula is C10H11BrO. The van der Waals surface area contributed by atoms with Gasteiger partial charge in [-0.25, -0.2) is 0 Å². The van der Waals surface area contributed by atoms with E-state index in [-0.39, 0.29) is 0 Å². The van der Waals surface area contributed by atoms with Crippen molar-refractivity contribution in [2.45, 2.75) is 6.92 Å². The predicted octanol–water partition coefficient (Wildman–Crippen LogP) is 3.49. The molecule has 0 atom stereocenters. The molecule has 0 aliphatic carbocycles. The summed E-state index contributed by atoms with van der Waals surface area (Å²) in [4.78, 5) is 0. The summed E-state index contributed by atoms with van der Waals surface area (Å²) in [5, 5.41) is 0. The highest BCUT2D eigenvalue weighted by Crippen LogP contribution is 2.24. The van der Waals surface area contributed by atoms with Gasteiger partial charge in [-0.15, -0.1) is 0 Å². The summed E-state index contributed by atoms with van der Waals surface area (Å²) in [6.07, 6.45) is 0. The molecule has 1 aromatic rings. The van der Waals surface area contributed by atoms with Gasteiger partial charge >= 0.3 is 0 Å². The average Bonchev–Trinajstić information content (AvgIpc) is 2.03. The number of benzene rings is 1. The van der Waals surface area contributed by atoms with Gasteiger partial charge in [0, 0.05) is 4.47 Å². The van der Waals surface area contributed by atoms with Gasteiger partial charge in [-0.3, -0.25) is 0 Å². The summed E-state index contributed by atoms with van der Waals surface area (Å²) < 4.78 is 6.13. The lowest BCUT2D eigenvalue weighted by Crippen LogP contribution is -1.85. The highest BCUT2D eigenvalue weighted by atomic mass is 79.9. The lowest BCUT2D eigenvalue weighted by atomic mass is 10.1. The van der Waals surface area contributed by atoms with E-state index < -0.39 is 0 Å². The van der Waals surface area contributed by atoms with Crippen LogP contribution < -0.4 is 4.74 Å². The molecule has 0 bridgehead atoms. The maximum atomic E-state index is 5.11. The molecule has 0 radical (unpaired) electrons. The topological polar surface area (TPSA) is 9.23 Å². The van der Waals surface area contributed by atoms with Gasteiger partial charge in [-0.05, 0) is 30.7 Å². The second kappa shape index (κ2) is 3.76. The summed E-state index contributed by atoms with van der Waals surface area (Å²) in [6.45, 7) is 5.84. The third-order valence-corrected chi connectivity index (χ3v) is 2.06. The van der Waals surface area contributed by atoms with Gasteiger partial charge in [-0.2, -0.15) is 0 Å². The molecule has 1 aromatic carbocycles. The van der Waals surface area contributed by atoms with E-state index in [2.05, 4.69) is 22.5 Å². The van der Waals surface area contributed by atoms with Crippen LogP contribution in [0, 0.1) is 0 Å². The normalized spacial score (nSPS) is 9.58. The lowest BCUT2D eigenvalue weighted by molar-refractivity contribution is 0.414. The first-order valence-corrected chi connectivity index (χ1v) is 4.43. The molecular weight excluding hydrogens is 216 g/mol. The Morgan fingerprint density at radius 3 is 2.58 bits per heavy atom. The Morgan fingerprint density at radius 2 is 2.08 bits per heavy atom. The van der Waals surface area contributed by atoms with Crippen molar-refractivity contribution < 1.29 is 4.74 Å². The van der Waals surface area contributed by atoms with Crippen LogP contribution in [0.3, 0.4) is 0 Å². The van der Waals surface area contributed by atoms with E-state index in [0.717, 1.165) is 21.4 Å². The van der Waals surface area contributed by atoms with Gasteiger partial charge in [0.2, 0.25) is 0 Å². The minimum Gasteiger partial charge on any atom is -0.497 e. The second-order valence-corrected chi connectivity index (χ2v) is 3.58. The van der Waals surface area contributed by atoms with Gasteiger partial charge in [0.15, 0.2) is 0 Å². The average molecular weight is 227 g/mol. The van der Waals surface area contributed by atoms with Crippen molar-refractivity contribution in [2.75, 3.05) is 7.11 Å². The Morgan fingerprint density at radius 1 is 1.42 bits per heavy atom. The third kappa shape index (κ3) is 2.11. The monoisotopic (exact) mass is 226 g/mol. The van der Waals surface area contributed by atoms with Crippen molar-refractivity contribution in [3.63, 3.8) is 0 Å². The summed E-state index contributed by atoms with van der Waals surface area (Å²) in [5.41, 5.74) is 2.14. The van der Waals surface area contributed by atoms with Crippen LogP contribution in [0.2, 0.25) is 0 Å². The van der Waals surface area contributed by atoms with Crippen LogP contribution in [0.15, 0.2) is 29.3 Å². The zero-order valence-corrected chi connectivity index (χ0v) is 8.81. The zero-order valence-electron chi connectivity index (χ0n) is 7.23. The first-order valence-electron chi connectivity index (χ1n) is 3.64. The molecule has 0 unspecified atom stereocenters. The number of hydrogen-bond acceptors (Lipinski definition) is 1. The molecule has 1 nitrogen and oxygen atoms in total. The molecule has 64 valence electrons. The Bertz CT molecular complexity index is 305. The van der Waals surface area contributed by atoms with Crippen molar-refractivity contribution >= 4 is 21.5 Å². The molecule has 0 saturated heterocycles. The summed E-state index contributed by atoms with van der Waals surface area (Å²) >= 11 is 3.40. The van der Waals surface area contributed by atoms with Crippen molar-refractivity contribution in [2.24, 2.45) is 0 Å². The zero-order chi connectivity index (χ0) is 9.14. The van der Waals surface area contributed by atoms with E-state index in [1.165, 1.54) is 0 Å². The highest BCUT2D eigenvalue weighted by molar-refractivity contribution is 9.10. The fraction of sp³-hybridized carbons (Fsp3) is 0.200. The number of halogens is 1. The molecule has 0 N–H and O–H groups in total. The largest absolute Gasteiger partial charge is 0.497 e. The lowest BCUT2D eigenvalue weighted by Gasteiger charge is -2.04. The van der Waals surface area contributed by atoms with Crippen LogP contribution in [-0.2, 0) is 0 Å².